The molecule has 1 fully saturated rings. The number of rotatable bonds is 36. The van der Waals surface area contributed by atoms with Crippen LogP contribution in [0.2, 0.25) is 0 Å². The molecule has 7 unspecified atom stereocenters. The van der Waals surface area contributed by atoms with E-state index in [1.165, 1.54) is 180 Å². The van der Waals surface area contributed by atoms with Crippen molar-refractivity contribution in [2.45, 2.75) is 279 Å². The van der Waals surface area contributed by atoms with E-state index in [4.69, 9.17) is 9.47 Å². The van der Waals surface area contributed by atoms with Gasteiger partial charge in [0.1, 0.15) is 12.7 Å². The summed E-state index contributed by atoms with van der Waals surface area (Å²) in [6.45, 7) is 16.3. The molecule has 8 heteroatoms. The van der Waals surface area contributed by atoms with E-state index < -0.39 is 0 Å². The molecule has 0 N–H and O–H groups in total. The van der Waals surface area contributed by atoms with Gasteiger partial charge in [-0.15, -0.1) is 0 Å². The van der Waals surface area contributed by atoms with Gasteiger partial charge in [-0.3, -0.25) is 9.59 Å². The smallest absolute Gasteiger partial charge is 0.306 e. The third kappa shape index (κ3) is 46.2. The van der Waals surface area contributed by atoms with Crippen LogP contribution in [0.4, 0.5) is 0 Å². The zero-order valence-corrected chi connectivity index (χ0v) is 46.5. The van der Waals surface area contributed by atoms with Gasteiger partial charge in [0.2, 0.25) is 0 Å². The fraction of sp³-hybridized carbons (Fsp3) is 0.960. The van der Waals surface area contributed by atoms with Crippen LogP contribution in [0.15, 0.2) is 0 Å². The Morgan fingerprint density at radius 2 is 0.707 bits per heavy atom. The maximum absolute atomic E-state index is 12.3. The van der Waals surface area contributed by atoms with E-state index in [1.807, 2.05) is 6.92 Å². The van der Waals surface area contributed by atoms with Crippen LogP contribution in [0, 0.1) is 23.7 Å². The standard InChI is InChI=1S/C40H78O4.C10H20.4H3P/c1-4-7-9-11-13-15-17-19-21-23-25-27-29-31-33-35-39(41)43-37-38(6-3)44-40(42)36-34-32-30-28-26-24-22-20-18-16-14-12-10-8-5-2;1-7-5-8(2)10(4)9(3)6-7;;;;/h38H,4-37H2,1-3H3;7-10H,5-6H2,1-4H3;4*1H3. The Bertz CT molecular complexity index is 804. The van der Waals surface area contributed by atoms with Gasteiger partial charge in [-0.2, -0.15) is 39.6 Å². The third-order valence-corrected chi connectivity index (χ3v) is 12.5. The highest BCUT2D eigenvalue weighted by atomic mass is 31.0. The van der Waals surface area contributed by atoms with Gasteiger partial charge < -0.3 is 9.47 Å². The first-order valence-electron chi connectivity index (χ1n) is 24.6. The van der Waals surface area contributed by atoms with E-state index in [0.717, 1.165) is 49.4 Å². The Balaban J connectivity index is -0.000000579. The van der Waals surface area contributed by atoms with Gasteiger partial charge in [-0.05, 0) is 55.8 Å². The summed E-state index contributed by atoms with van der Waals surface area (Å²) in [5.74, 6) is 3.54. The molecule has 0 amide bonds. The van der Waals surface area contributed by atoms with E-state index >= 15 is 0 Å². The van der Waals surface area contributed by atoms with Crippen molar-refractivity contribution in [1.29, 1.82) is 0 Å². The van der Waals surface area contributed by atoms with Crippen molar-refractivity contribution in [3.05, 3.63) is 0 Å². The molecule has 0 bridgehead atoms. The minimum Gasteiger partial charge on any atom is -0.462 e. The summed E-state index contributed by atoms with van der Waals surface area (Å²) in [5, 5.41) is 0. The Morgan fingerprint density at radius 3 is 1.00 bits per heavy atom. The maximum atomic E-state index is 12.3. The van der Waals surface area contributed by atoms with Gasteiger partial charge in [-0.1, -0.05) is 228 Å². The van der Waals surface area contributed by atoms with Crippen LogP contribution in [0.5, 0.6) is 0 Å². The topological polar surface area (TPSA) is 52.6 Å². The van der Waals surface area contributed by atoms with Crippen molar-refractivity contribution < 1.29 is 19.1 Å². The van der Waals surface area contributed by atoms with Crippen molar-refractivity contribution in [3.63, 3.8) is 0 Å². The largest absolute Gasteiger partial charge is 0.462 e. The minimum atomic E-state index is -0.316. The van der Waals surface area contributed by atoms with Crippen molar-refractivity contribution >= 4 is 51.5 Å². The van der Waals surface area contributed by atoms with E-state index in [0.29, 0.717) is 19.3 Å². The predicted molar refractivity (Wildman–Crippen MR) is 281 cm³/mol. The molecular formula is C50H110O4P4. The second-order valence-electron chi connectivity index (χ2n) is 18.0. The van der Waals surface area contributed by atoms with Gasteiger partial charge in [0.05, 0.1) is 0 Å². The number of esters is 2. The van der Waals surface area contributed by atoms with Crippen LogP contribution in [0.3, 0.4) is 0 Å². The lowest BCUT2D eigenvalue weighted by molar-refractivity contribution is -0.159. The number of hydrogen-bond donors (Lipinski definition) is 0. The Labute approximate surface area is 378 Å². The van der Waals surface area contributed by atoms with E-state index in [9.17, 15) is 9.59 Å². The first kappa shape index (κ1) is 67.7. The van der Waals surface area contributed by atoms with Gasteiger partial charge >= 0.3 is 11.9 Å². The number of carbonyl (C=O) groups is 2. The molecule has 354 valence electrons. The van der Waals surface area contributed by atoms with Gasteiger partial charge in [-0.25, -0.2) is 0 Å². The molecular weight excluding hydrogens is 788 g/mol. The average molecular weight is 899 g/mol. The van der Waals surface area contributed by atoms with E-state index in [-0.39, 0.29) is 64.2 Å². The van der Waals surface area contributed by atoms with Crippen LogP contribution in [0.25, 0.3) is 0 Å². The fourth-order valence-electron chi connectivity index (χ4n) is 8.38. The molecule has 0 heterocycles. The molecule has 0 spiro atoms. The number of unbranched alkanes of at least 4 members (excludes halogenated alkanes) is 28. The molecule has 4 nitrogen and oxygen atoms in total. The average Bonchev–Trinajstić information content (AvgIpc) is 3.15. The quantitative estimate of drug-likeness (QED) is 0.0357. The number of hydrogen-bond acceptors (Lipinski definition) is 4. The molecule has 1 aliphatic rings. The number of ether oxygens (including phenoxy) is 2. The first-order chi connectivity index (χ1) is 26.2. The minimum absolute atomic E-state index is 0. The second-order valence-corrected chi connectivity index (χ2v) is 18.0. The summed E-state index contributed by atoms with van der Waals surface area (Å²) >= 11 is 0. The summed E-state index contributed by atoms with van der Waals surface area (Å²) in [7, 11) is 0. The normalized spacial score (nSPS) is 17.6. The lowest BCUT2D eigenvalue weighted by Crippen LogP contribution is -2.26. The van der Waals surface area contributed by atoms with Crippen molar-refractivity contribution in [2.75, 3.05) is 6.61 Å². The molecule has 1 aliphatic carbocycles. The Hall–Kier alpha value is 0.660. The van der Waals surface area contributed by atoms with E-state index in [2.05, 4.69) is 41.5 Å². The fourth-order valence-corrected chi connectivity index (χ4v) is 8.38. The van der Waals surface area contributed by atoms with Crippen LogP contribution in [0.1, 0.15) is 273 Å². The molecule has 0 aromatic rings. The Kier molecular flexibility index (Phi) is 60.7. The molecule has 1 rings (SSSR count). The summed E-state index contributed by atoms with van der Waals surface area (Å²) in [5.41, 5.74) is 0. The van der Waals surface area contributed by atoms with Crippen LogP contribution in [-0.4, -0.2) is 24.6 Å². The summed E-state index contributed by atoms with van der Waals surface area (Å²) in [6, 6.07) is 0. The summed E-state index contributed by atoms with van der Waals surface area (Å²) in [6.07, 6.45) is 43.7. The van der Waals surface area contributed by atoms with Gasteiger partial charge in [0, 0.05) is 12.8 Å². The molecule has 0 aliphatic heterocycles. The summed E-state index contributed by atoms with van der Waals surface area (Å²) in [4.78, 5) is 24.4. The number of carbonyl (C=O) groups excluding carboxylic acids is 2. The zero-order valence-electron chi connectivity index (χ0n) is 40.8. The van der Waals surface area contributed by atoms with Crippen molar-refractivity contribution in [3.8, 4) is 0 Å². The molecule has 0 aromatic heterocycles. The Morgan fingerprint density at radius 1 is 0.431 bits per heavy atom. The molecule has 0 saturated heterocycles. The lowest BCUT2D eigenvalue weighted by atomic mass is 9.71. The molecule has 0 aromatic carbocycles. The third-order valence-electron chi connectivity index (χ3n) is 12.5. The van der Waals surface area contributed by atoms with Gasteiger partial charge in [0.15, 0.2) is 0 Å². The van der Waals surface area contributed by atoms with Crippen LogP contribution >= 0.6 is 39.6 Å². The zero-order chi connectivity index (χ0) is 39.9. The SMILES string of the molecule is CC1CC(C)C(C)C(C)C1.CCCCCCCCCCCCCCCCCC(=O)OCC(CC)OC(=O)CCCCCCCCCCCCCCCCC.P.P.P.P. The first-order valence-corrected chi connectivity index (χ1v) is 24.6. The monoisotopic (exact) mass is 899 g/mol. The maximum Gasteiger partial charge on any atom is 0.306 e. The van der Waals surface area contributed by atoms with Crippen molar-refractivity contribution in [1.82, 2.24) is 0 Å². The predicted octanol–water partition coefficient (Wildman–Crippen LogP) is 16.9. The molecule has 1 saturated carbocycles. The van der Waals surface area contributed by atoms with E-state index in [1.54, 1.807) is 0 Å². The highest BCUT2D eigenvalue weighted by Crippen LogP contribution is 2.37. The lowest BCUT2D eigenvalue weighted by Gasteiger charge is -2.35. The molecule has 58 heavy (non-hydrogen) atoms. The van der Waals surface area contributed by atoms with Crippen LogP contribution in [-0.2, 0) is 19.1 Å². The van der Waals surface area contributed by atoms with Crippen LogP contribution < -0.4 is 0 Å². The van der Waals surface area contributed by atoms with Gasteiger partial charge in [0.25, 0.3) is 0 Å². The second kappa shape index (κ2) is 52.0. The van der Waals surface area contributed by atoms with Crippen molar-refractivity contribution in [2.24, 2.45) is 23.7 Å². The summed E-state index contributed by atoms with van der Waals surface area (Å²) < 4.78 is 11.0. The highest BCUT2D eigenvalue weighted by molar-refractivity contribution is 6.92. The molecule has 0 radical (unpaired) electrons. The molecule has 7 atom stereocenters. The highest BCUT2D eigenvalue weighted by Gasteiger charge is 2.27.